The summed E-state index contributed by atoms with van der Waals surface area (Å²) in [5.74, 6) is 2.24. The van der Waals surface area contributed by atoms with Crippen LogP contribution < -0.4 is 5.32 Å². The summed E-state index contributed by atoms with van der Waals surface area (Å²) in [4.78, 5) is 0. The molecular weight excluding hydrogens is 190 g/mol. The summed E-state index contributed by atoms with van der Waals surface area (Å²) in [5.41, 5.74) is 0. The lowest BCUT2D eigenvalue weighted by Gasteiger charge is -2.27. The molecule has 0 saturated heterocycles. The number of thioether (sulfide) groups is 1. The van der Waals surface area contributed by atoms with Gasteiger partial charge in [0.05, 0.1) is 0 Å². The van der Waals surface area contributed by atoms with E-state index in [2.05, 4.69) is 37.8 Å². The van der Waals surface area contributed by atoms with Crippen molar-refractivity contribution in [3.63, 3.8) is 0 Å². The van der Waals surface area contributed by atoms with E-state index in [0.717, 1.165) is 17.2 Å². The summed E-state index contributed by atoms with van der Waals surface area (Å²) in [6, 6.07) is 0.818. The van der Waals surface area contributed by atoms with Crippen LogP contribution in [0.15, 0.2) is 0 Å². The van der Waals surface area contributed by atoms with Crippen LogP contribution in [0.4, 0.5) is 0 Å². The first-order valence-electron chi connectivity index (χ1n) is 6.03. The predicted molar refractivity (Wildman–Crippen MR) is 67.0 cm³/mol. The van der Waals surface area contributed by atoms with Gasteiger partial charge >= 0.3 is 0 Å². The van der Waals surface area contributed by atoms with Crippen molar-refractivity contribution in [3.8, 4) is 0 Å². The highest BCUT2D eigenvalue weighted by Crippen LogP contribution is 2.23. The zero-order valence-electron chi connectivity index (χ0n) is 9.88. The van der Waals surface area contributed by atoms with Gasteiger partial charge in [-0.3, -0.25) is 0 Å². The van der Waals surface area contributed by atoms with Gasteiger partial charge in [0.1, 0.15) is 0 Å². The molecule has 0 amide bonds. The van der Waals surface area contributed by atoms with Crippen LogP contribution in [-0.4, -0.2) is 23.6 Å². The van der Waals surface area contributed by atoms with Crippen molar-refractivity contribution in [2.24, 2.45) is 5.92 Å². The summed E-state index contributed by atoms with van der Waals surface area (Å²) in [7, 11) is 0. The molecule has 0 aliphatic heterocycles. The molecule has 0 aromatic rings. The lowest BCUT2D eigenvalue weighted by molar-refractivity contribution is 0.312. The smallest absolute Gasteiger partial charge is 0.00675 e. The Morgan fingerprint density at radius 3 is 2.43 bits per heavy atom. The van der Waals surface area contributed by atoms with Gasteiger partial charge in [-0.15, -0.1) is 0 Å². The van der Waals surface area contributed by atoms with Gasteiger partial charge < -0.3 is 5.32 Å². The number of hydrogen-bond acceptors (Lipinski definition) is 2. The molecule has 0 spiro atoms. The number of nitrogens with one attached hydrogen (secondary N) is 1. The first kappa shape index (κ1) is 12.4. The fourth-order valence-corrected chi connectivity index (χ4v) is 2.73. The molecule has 0 aromatic heterocycles. The maximum atomic E-state index is 3.68. The molecule has 1 nitrogen and oxygen atoms in total. The van der Waals surface area contributed by atoms with E-state index in [0.29, 0.717) is 0 Å². The summed E-state index contributed by atoms with van der Waals surface area (Å²) in [6.45, 7) is 8.12. The maximum Gasteiger partial charge on any atom is 0.00675 e. The Bertz CT molecular complexity index is 139. The van der Waals surface area contributed by atoms with Crippen LogP contribution in [0.1, 0.15) is 46.5 Å². The van der Waals surface area contributed by atoms with Gasteiger partial charge in [-0.1, -0.05) is 20.8 Å². The van der Waals surface area contributed by atoms with Gasteiger partial charge in [0.15, 0.2) is 0 Å². The van der Waals surface area contributed by atoms with Gasteiger partial charge in [0, 0.05) is 18.3 Å². The SMILES string of the molecule is CC1CCC(NCCSC(C)C)CC1. The maximum absolute atomic E-state index is 3.68. The predicted octanol–water partition coefficient (Wildman–Crippen LogP) is 3.30. The topological polar surface area (TPSA) is 12.0 Å². The lowest BCUT2D eigenvalue weighted by Crippen LogP contribution is -2.34. The highest BCUT2D eigenvalue weighted by Gasteiger charge is 2.16. The normalized spacial score (nSPS) is 28.3. The van der Waals surface area contributed by atoms with Gasteiger partial charge in [-0.2, -0.15) is 11.8 Å². The van der Waals surface area contributed by atoms with Gasteiger partial charge in [0.2, 0.25) is 0 Å². The van der Waals surface area contributed by atoms with E-state index in [4.69, 9.17) is 0 Å². The van der Waals surface area contributed by atoms with Gasteiger partial charge in [0.25, 0.3) is 0 Å². The molecule has 14 heavy (non-hydrogen) atoms. The zero-order chi connectivity index (χ0) is 10.4. The molecule has 0 unspecified atom stereocenters. The Balaban J connectivity index is 1.96. The van der Waals surface area contributed by atoms with E-state index in [-0.39, 0.29) is 0 Å². The largest absolute Gasteiger partial charge is 0.313 e. The van der Waals surface area contributed by atoms with Crippen LogP contribution in [0.2, 0.25) is 0 Å². The standard InChI is InChI=1S/C12H25NS/c1-10(2)14-9-8-13-12-6-4-11(3)5-7-12/h10-13H,4-9H2,1-3H3. The molecule has 1 saturated carbocycles. The summed E-state index contributed by atoms with van der Waals surface area (Å²) >= 11 is 2.06. The van der Waals surface area contributed by atoms with E-state index in [9.17, 15) is 0 Å². The fraction of sp³-hybridized carbons (Fsp3) is 1.00. The van der Waals surface area contributed by atoms with Crippen molar-refractivity contribution in [2.75, 3.05) is 12.3 Å². The van der Waals surface area contributed by atoms with Crippen LogP contribution in [0.3, 0.4) is 0 Å². The molecule has 2 heteroatoms. The van der Waals surface area contributed by atoms with E-state index >= 15 is 0 Å². The van der Waals surface area contributed by atoms with Gasteiger partial charge in [-0.05, 0) is 36.9 Å². The molecule has 0 aromatic carbocycles. The van der Waals surface area contributed by atoms with Crippen LogP contribution in [-0.2, 0) is 0 Å². The zero-order valence-corrected chi connectivity index (χ0v) is 10.7. The van der Waals surface area contributed by atoms with Crippen molar-refractivity contribution < 1.29 is 0 Å². The first-order chi connectivity index (χ1) is 6.68. The average molecular weight is 215 g/mol. The molecule has 0 atom stereocenters. The second-order valence-electron chi connectivity index (χ2n) is 4.83. The molecule has 1 rings (SSSR count). The summed E-state index contributed by atoms with van der Waals surface area (Å²) < 4.78 is 0. The number of rotatable bonds is 5. The molecule has 0 heterocycles. The molecule has 0 bridgehead atoms. The average Bonchev–Trinajstić information content (AvgIpc) is 2.15. The van der Waals surface area contributed by atoms with Crippen LogP contribution in [0, 0.1) is 5.92 Å². The van der Waals surface area contributed by atoms with E-state index in [1.807, 2.05) is 0 Å². The van der Waals surface area contributed by atoms with Crippen molar-refractivity contribution in [2.45, 2.75) is 57.7 Å². The minimum Gasteiger partial charge on any atom is -0.313 e. The molecular formula is C12H25NS. The summed E-state index contributed by atoms with van der Waals surface area (Å²) in [5, 5.41) is 4.46. The number of hydrogen-bond donors (Lipinski definition) is 1. The third-order valence-electron chi connectivity index (χ3n) is 3.00. The van der Waals surface area contributed by atoms with E-state index in [1.54, 1.807) is 0 Å². The second kappa shape index (κ2) is 6.73. The molecule has 1 aliphatic rings. The van der Waals surface area contributed by atoms with E-state index < -0.39 is 0 Å². The Hall–Kier alpha value is 0.310. The molecule has 1 N–H and O–H groups in total. The Morgan fingerprint density at radius 2 is 1.86 bits per heavy atom. The Morgan fingerprint density at radius 1 is 1.21 bits per heavy atom. The summed E-state index contributed by atoms with van der Waals surface area (Å²) in [6.07, 6.45) is 5.64. The Labute approximate surface area is 93.4 Å². The van der Waals surface area contributed by atoms with Crippen molar-refractivity contribution in [3.05, 3.63) is 0 Å². The van der Waals surface area contributed by atoms with E-state index in [1.165, 1.54) is 38.0 Å². The second-order valence-corrected chi connectivity index (χ2v) is 6.51. The first-order valence-corrected chi connectivity index (χ1v) is 7.08. The highest BCUT2D eigenvalue weighted by atomic mass is 32.2. The molecule has 1 fully saturated rings. The Kier molecular flexibility index (Phi) is 5.95. The van der Waals surface area contributed by atoms with Crippen molar-refractivity contribution in [1.82, 2.24) is 5.32 Å². The fourth-order valence-electron chi connectivity index (χ4n) is 2.02. The third-order valence-corrected chi connectivity index (χ3v) is 4.11. The van der Waals surface area contributed by atoms with Crippen molar-refractivity contribution >= 4 is 11.8 Å². The van der Waals surface area contributed by atoms with Crippen LogP contribution in [0.5, 0.6) is 0 Å². The minimum atomic E-state index is 0.781. The lowest BCUT2D eigenvalue weighted by atomic mass is 9.87. The van der Waals surface area contributed by atoms with Crippen LogP contribution in [0.25, 0.3) is 0 Å². The van der Waals surface area contributed by atoms with Crippen LogP contribution >= 0.6 is 11.8 Å². The highest BCUT2D eigenvalue weighted by molar-refractivity contribution is 7.99. The molecule has 1 aliphatic carbocycles. The minimum absolute atomic E-state index is 0.781. The quantitative estimate of drug-likeness (QED) is 0.706. The van der Waals surface area contributed by atoms with Crippen molar-refractivity contribution in [1.29, 1.82) is 0 Å². The third kappa shape index (κ3) is 5.26. The molecule has 0 radical (unpaired) electrons. The van der Waals surface area contributed by atoms with Gasteiger partial charge in [-0.25, -0.2) is 0 Å². The monoisotopic (exact) mass is 215 g/mol. The molecule has 84 valence electrons.